The number of nitrogens with one attached hydrogen (secondary N) is 1. The highest BCUT2D eigenvalue weighted by Gasteiger charge is 2.14. The molecule has 5 heteroatoms. The Morgan fingerprint density at radius 1 is 1.29 bits per heavy atom. The van der Waals surface area contributed by atoms with Crippen LogP contribution in [0.4, 0.5) is 5.82 Å². The van der Waals surface area contributed by atoms with Gasteiger partial charge < -0.3 is 10.2 Å². The second-order valence-corrected chi connectivity index (χ2v) is 4.57. The van der Waals surface area contributed by atoms with Crippen molar-refractivity contribution < 1.29 is 0 Å². The van der Waals surface area contributed by atoms with E-state index in [1.165, 1.54) is 5.56 Å². The van der Waals surface area contributed by atoms with Crippen LogP contribution in [0, 0.1) is 6.92 Å². The first-order valence-electron chi connectivity index (χ1n) is 6.01. The summed E-state index contributed by atoms with van der Waals surface area (Å²) in [7, 11) is 1.94. The van der Waals surface area contributed by atoms with Gasteiger partial charge in [0.05, 0.1) is 0 Å². The maximum absolute atomic E-state index is 4.65. The number of aryl methyl sites for hydroxylation is 2. The maximum atomic E-state index is 4.65. The van der Waals surface area contributed by atoms with Gasteiger partial charge >= 0.3 is 0 Å². The zero-order valence-electron chi connectivity index (χ0n) is 10.3. The van der Waals surface area contributed by atoms with Crippen molar-refractivity contribution in [2.24, 2.45) is 7.05 Å². The molecule has 17 heavy (non-hydrogen) atoms. The molecule has 1 aliphatic heterocycles. The minimum atomic E-state index is 0.848. The van der Waals surface area contributed by atoms with Gasteiger partial charge in [0.2, 0.25) is 0 Å². The van der Waals surface area contributed by atoms with E-state index in [1.807, 2.05) is 17.9 Å². The summed E-state index contributed by atoms with van der Waals surface area (Å²) in [5.74, 6) is 1.05. The lowest BCUT2D eigenvalue weighted by Crippen LogP contribution is -2.43. The van der Waals surface area contributed by atoms with Gasteiger partial charge in [-0.1, -0.05) is 0 Å². The minimum Gasteiger partial charge on any atom is -0.354 e. The number of pyridine rings is 1. The Hall–Kier alpha value is -1.62. The zero-order valence-corrected chi connectivity index (χ0v) is 10.3. The molecule has 2 aromatic rings. The third-order valence-corrected chi connectivity index (χ3v) is 3.24. The van der Waals surface area contributed by atoms with E-state index in [0.29, 0.717) is 0 Å². The molecule has 90 valence electrons. The highest BCUT2D eigenvalue weighted by atomic mass is 15.3. The lowest BCUT2D eigenvalue weighted by Gasteiger charge is -2.28. The summed E-state index contributed by atoms with van der Waals surface area (Å²) in [6, 6.07) is 2.16. The summed E-state index contributed by atoms with van der Waals surface area (Å²) < 4.78 is 1.83. The third-order valence-electron chi connectivity index (χ3n) is 3.24. The SMILES string of the molecule is Cc1cc(N2CCNCC2)nc2nn(C)cc12. The Morgan fingerprint density at radius 3 is 2.82 bits per heavy atom. The number of fused-ring (bicyclic) bond motifs is 1. The molecule has 0 spiro atoms. The van der Waals surface area contributed by atoms with Crippen LogP contribution in [0.25, 0.3) is 11.0 Å². The fourth-order valence-corrected chi connectivity index (χ4v) is 2.31. The first-order valence-corrected chi connectivity index (χ1v) is 6.01. The van der Waals surface area contributed by atoms with Crippen LogP contribution in [0.2, 0.25) is 0 Å². The van der Waals surface area contributed by atoms with Crippen molar-refractivity contribution in [3.63, 3.8) is 0 Å². The van der Waals surface area contributed by atoms with E-state index in [2.05, 4.69) is 33.3 Å². The largest absolute Gasteiger partial charge is 0.354 e. The molecule has 0 unspecified atom stereocenters. The lowest BCUT2D eigenvalue weighted by atomic mass is 10.2. The van der Waals surface area contributed by atoms with Crippen molar-refractivity contribution >= 4 is 16.9 Å². The van der Waals surface area contributed by atoms with E-state index in [4.69, 9.17) is 0 Å². The molecule has 1 saturated heterocycles. The Bertz CT molecular complexity index is 539. The van der Waals surface area contributed by atoms with Gasteiger partial charge in [-0.05, 0) is 18.6 Å². The molecular formula is C12H17N5. The van der Waals surface area contributed by atoms with Crippen LogP contribution in [-0.4, -0.2) is 40.9 Å². The molecule has 0 radical (unpaired) electrons. The van der Waals surface area contributed by atoms with Gasteiger partial charge in [-0.2, -0.15) is 5.10 Å². The topological polar surface area (TPSA) is 46.0 Å². The fraction of sp³-hybridized carbons (Fsp3) is 0.500. The number of rotatable bonds is 1. The van der Waals surface area contributed by atoms with E-state index in [9.17, 15) is 0 Å². The van der Waals surface area contributed by atoms with Crippen molar-refractivity contribution in [3.05, 3.63) is 17.8 Å². The van der Waals surface area contributed by atoms with E-state index in [0.717, 1.165) is 43.0 Å². The smallest absolute Gasteiger partial charge is 0.183 e. The molecule has 0 amide bonds. The molecule has 3 heterocycles. The predicted octanol–water partition coefficient (Wildman–Crippen LogP) is 0.686. The van der Waals surface area contributed by atoms with Crippen LogP contribution in [0.1, 0.15) is 5.56 Å². The molecule has 0 bridgehead atoms. The average molecular weight is 231 g/mol. The molecule has 0 aliphatic carbocycles. The number of piperazine rings is 1. The van der Waals surface area contributed by atoms with Gasteiger partial charge in [-0.25, -0.2) is 4.98 Å². The van der Waals surface area contributed by atoms with Gasteiger partial charge in [0.15, 0.2) is 5.65 Å². The molecule has 1 aliphatic rings. The fourth-order valence-electron chi connectivity index (χ4n) is 2.31. The summed E-state index contributed by atoms with van der Waals surface area (Å²) >= 11 is 0. The van der Waals surface area contributed by atoms with E-state index in [1.54, 1.807) is 0 Å². The summed E-state index contributed by atoms with van der Waals surface area (Å²) in [6.45, 7) is 6.22. The second-order valence-electron chi connectivity index (χ2n) is 4.57. The zero-order chi connectivity index (χ0) is 11.8. The van der Waals surface area contributed by atoms with Crippen molar-refractivity contribution in [3.8, 4) is 0 Å². The molecule has 0 saturated carbocycles. The van der Waals surface area contributed by atoms with Crippen molar-refractivity contribution in [2.45, 2.75) is 6.92 Å². The molecule has 0 aromatic carbocycles. The molecule has 1 N–H and O–H groups in total. The Morgan fingerprint density at radius 2 is 2.06 bits per heavy atom. The Labute approximate surface area is 100 Å². The van der Waals surface area contributed by atoms with Gasteiger partial charge in [-0.3, -0.25) is 4.68 Å². The van der Waals surface area contributed by atoms with E-state index < -0.39 is 0 Å². The molecular weight excluding hydrogens is 214 g/mol. The van der Waals surface area contributed by atoms with Crippen molar-refractivity contribution in [2.75, 3.05) is 31.1 Å². The van der Waals surface area contributed by atoms with Crippen molar-refractivity contribution in [1.29, 1.82) is 0 Å². The molecule has 2 aromatic heterocycles. The van der Waals surface area contributed by atoms with Crippen LogP contribution in [0.5, 0.6) is 0 Å². The van der Waals surface area contributed by atoms with Crippen LogP contribution in [-0.2, 0) is 7.05 Å². The van der Waals surface area contributed by atoms with Crippen LogP contribution < -0.4 is 10.2 Å². The molecule has 0 atom stereocenters. The van der Waals surface area contributed by atoms with E-state index >= 15 is 0 Å². The van der Waals surface area contributed by atoms with Gasteiger partial charge in [-0.15, -0.1) is 0 Å². The Balaban J connectivity index is 2.04. The summed E-state index contributed by atoms with van der Waals surface area (Å²) in [5, 5.41) is 8.89. The highest BCUT2D eigenvalue weighted by Crippen LogP contribution is 2.21. The van der Waals surface area contributed by atoms with Crippen LogP contribution in [0.3, 0.4) is 0 Å². The summed E-state index contributed by atoms with van der Waals surface area (Å²) in [4.78, 5) is 6.96. The first kappa shape index (κ1) is 10.5. The van der Waals surface area contributed by atoms with Gasteiger partial charge in [0.25, 0.3) is 0 Å². The number of aromatic nitrogens is 3. The normalized spacial score (nSPS) is 16.7. The number of nitrogens with zero attached hydrogens (tertiary/aromatic N) is 4. The predicted molar refractivity (Wildman–Crippen MR) is 68.3 cm³/mol. The quantitative estimate of drug-likeness (QED) is 0.784. The minimum absolute atomic E-state index is 0.848. The summed E-state index contributed by atoms with van der Waals surface area (Å²) in [5.41, 5.74) is 2.10. The monoisotopic (exact) mass is 231 g/mol. The van der Waals surface area contributed by atoms with Crippen LogP contribution in [0.15, 0.2) is 12.3 Å². The molecule has 1 fully saturated rings. The first-order chi connectivity index (χ1) is 8.24. The molecule has 3 rings (SSSR count). The number of hydrogen-bond acceptors (Lipinski definition) is 4. The van der Waals surface area contributed by atoms with Crippen LogP contribution >= 0.6 is 0 Å². The standard InChI is InChI=1S/C12H17N5/c1-9-7-11(17-5-3-13-4-6-17)14-12-10(9)8-16(2)15-12/h7-8,13H,3-6H2,1-2H3. The maximum Gasteiger partial charge on any atom is 0.183 e. The highest BCUT2D eigenvalue weighted by molar-refractivity contribution is 5.80. The lowest BCUT2D eigenvalue weighted by molar-refractivity contribution is 0.585. The molecule has 5 nitrogen and oxygen atoms in total. The second kappa shape index (κ2) is 4.00. The third kappa shape index (κ3) is 1.86. The van der Waals surface area contributed by atoms with Gasteiger partial charge in [0, 0.05) is 44.8 Å². The Kier molecular flexibility index (Phi) is 2.48. The number of hydrogen-bond donors (Lipinski definition) is 1. The summed E-state index contributed by atoms with van der Waals surface area (Å²) in [6.07, 6.45) is 2.03. The average Bonchev–Trinajstić information content (AvgIpc) is 2.71. The van der Waals surface area contributed by atoms with Crippen molar-refractivity contribution in [1.82, 2.24) is 20.1 Å². The number of anilines is 1. The van der Waals surface area contributed by atoms with Gasteiger partial charge in [0.1, 0.15) is 5.82 Å². The van der Waals surface area contributed by atoms with E-state index in [-0.39, 0.29) is 0 Å².